The Hall–Kier alpha value is -1.81. The van der Waals surface area contributed by atoms with E-state index in [0.717, 1.165) is 11.1 Å². The fourth-order valence-corrected chi connectivity index (χ4v) is 1.55. The fourth-order valence-electron chi connectivity index (χ4n) is 1.55. The van der Waals surface area contributed by atoms with Crippen molar-refractivity contribution in [1.29, 1.82) is 0 Å². The number of para-hydroxylation sites is 1. The van der Waals surface area contributed by atoms with Crippen molar-refractivity contribution < 1.29 is 4.79 Å². The van der Waals surface area contributed by atoms with Gasteiger partial charge < -0.3 is 5.73 Å². The number of Topliss-reactive ketones (excluding diaryl/α,β-unsaturated/α-hetero) is 1. The Morgan fingerprint density at radius 1 is 1.40 bits per heavy atom. The van der Waals surface area contributed by atoms with Crippen molar-refractivity contribution in [3.8, 4) is 0 Å². The summed E-state index contributed by atoms with van der Waals surface area (Å²) >= 11 is 0. The number of benzene rings is 1. The van der Waals surface area contributed by atoms with E-state index in [2.05, 4.69) is 9.97 Å². The van der Waals surface area contributed by atoms with Gasteiger partial charge in [0.15, 0.2) is 5.78 Å². The molecule has 0 saturated heterocycles. The smallest absolute Gasteiger partial charge is 0.178 e. The summed E-state index contributed by atoms with van der Waals surface area (Å²) in [6.07, 6.45) is 1.46. The van der Waals surface area contributed by atoms with Crippen LogP contribution in [-0.2, 0) is 0 Å². The summed E-state index contributed by atoms with van der Waals surface area (Å²) in [6.45, 7) is 1.89. The second-order valence-corrected chi connectivity index (χ2v) is 3.29. The van der Waals surface area contributed by atoms with Crippen LogP contribution in [0.5, 0.6) is 0 Å². The van der Waals surface area contributed by atoms with Crippen LogP contribution in [0, 0.1) is 6.92 Å². The Balaban J connectivity index is 2.77. The highest BCUT2D eigenvalue weighted by Gasteiger charge is 2.10. The molecule has 4 nitrogen and oxygen atoms in total. The lowest BCUT2D eigenvalue weighted by Gasteiger charge is -2.04. The predicted octanol–water partition coefficient (Wildman–Crippen LogP) is 1.08. The lowest BCUT2D eigenvalue weighted by Crippen LogP contribution is -2.14. The SMILES string of the molecule is Cc1ncnc2c(C(=O)CN)cccc12. The maximum Gasteiger partial charge on any atom is 0.178 e. The molecule has 1 aromatic heterocycles. The highest BCUT2D eigenvalue weighted by atomic mass is 16.1. The van der Waals surface area contributed by atoms with Gasteiger partial charge in [-0.05, 0) is 13.0 Å². The molecule has 0 saturated carbocycles. The molecule has 1 heterocycles. The summed E-state index contributed by atoms with van der Waals surface area (Å²) in [5.41, 5.74) is 7.46. The number of nitrogens with zero attached hydrogens (tertiary/aromatic N) is 2. The number of rotatable bonds is 2. The summed E-state index contributed by atoms with van der Waals surface area (Å²) in [7, 11) is 0. The summed E-state index contributed by atoms with van der Waals surface area (Å²) in [6, 6.07) is 5.46. The van der Waals surface area contributed by atoms with Crippen molar-refractivity contribution in [2.24, 2.45) is 5.73 Å². The van der Waals surface area contributed by atoms with Gasteiger partial charge in [0.2, 0.25) is 0 Å². The average molecular weight is 201 g/mol. The van der Waals surface area contributed by atoms with Gasteiger partial charge >= 0.3 is 0 Å². The molecule has 0 atom stereocenters. The standard InChI is InChI=1S/C11H11N3O/c1-7-8-3-2-4-9(10(15)5-12)11(8)14-6-13-7/h2-4,6H,5,12H2,1H3. The topological polar surface area (TPSA) is 68.9 Å². The number of aryl methyl sites for hydroxylation is 1. The Bertz CT molecular complexity index is 522. The number of hydrogen-bond donors (Lipinski definition) is 1. The number of carbonyl (C=O) groups excluding carboxylic acids is 1. The minimum Gasteiger partial charge on any atom is -0.324 e. The maximum atomic E-state index is 11.6. The van der Waals surface area contributed by atoms with Gasteiger partial charge in [0.25, 0.3) is 0 Å². The molecule has 0 fully saturated rings. The van der Waals surface area contributed by atoms with Crippen molar-refractivity contribution in [3.05, 3.63) is 35.8 Å². The van der Waals surface area contributed by atoms with Gasteiger partial charge in [-0.2, -0.15) is 0 Å². The monoisotopic (exact) mass is 201 g/mol. The molecule has 0 aliphatic heterocycles. The van der Waals surface area contributed by atoms with Crippen LogP contribution in [0.3, 0.4) is 0 Å². The minimum atomic E-state index is -0.0984. The largest absolute Gasteiger partial charge is 0.324 e. The summed E-state index contributed by atoms with van der Waals surface area (Å²) in [4.78, 5) is 19.8. The van der Waals surface area contributed by atoms with Crippen LogP contribution in [0.1, 0.15) is 16.1 Å². The van der Waals surface area contributed by atoms with Crippen LogP contribution in [0.4, 0.5) is 0 Å². The van der Waals surface area contributed by atoms with Gasteiger partial charge in [0, 0.05) is 16.6 Å². The van der Waals surface area contributed by atoms with E-state index in [0.29, 0.717) is 11.1 Å². The average Bonchev–Trinajstić information content (AvgIpc) is 2.28. The third-order valence-electron chi connectivity index (χ3n) is 2.35. The molecule has 76 valence electrons. The maximum absolute atomic E-state index is 11.6. The molecule has 4 heteroatoms. The number of carbonyl (C=O) groups is 1. The molecule has 0 spiro atoms. The predicted molar refractivity (Wildman–Crippen MR) is 57.7 cm³/mol. The summed E-state index contributed by atoms with van der Waals surface area (Å²) in [5.74, 6) is -0.0984. The summed E-state index contributed by atoms with van der Waals surface area (Å²) < 4.78 is 0. The van der Waals surface area contributed by atoms with Gasteiger partial charge in [0.05, 0.1) is 12.1 Å². The molecule has 2 aromatic rings. The Kier molecular flexibility index (Phi) is 2.43. The minimum absolute atomic E-state index is 0.00215. The van der Waals surface area contributed by atoms with Crippen LogP contribution in [0.15, 0.2) is 24.5 Å². The molecule has 0 unspecified atom stereocenters. The number of ketones is 1. The zero-order chi connectivity index (χ0) is 10.8. The third kappa shape index (κ3) is 1.59. The van der Waals surface area contributed by atoms with E-state index in [1.165, 1.54) is 6.33 Å². The number of fused-ring (bicyclic) bond motifs is 1. The van der Waals surface area contributed by atoms with Gasteiger partial charge in [-0.25, -0.2) is 9.97 Å². The van der Waals surface area contributed by atoms with Crippen molar-refractivity contribution in [2.45, 2.75) is 6.92 Å². The molecule has 15 heavy (non-hydrogen) atoms. The molecule has 2 N–H and O–H groups in total. The lowest BCUT2D eigenvalue weighted by molar-refractivity contribution is 0.100. The second-order valence-electron chi connectivity index (χ2n) is 3.29. The second kappa shape index (κ2) is 3.74. The molecule has 0 amide bonds. The van der Waals surface area contributed by atoms with E-state index >= 15 is 0 Å². The normalized spacial score (nSPS) is 10.5. The Labute approximate surface area is 87.1 Å². The lowest BCUT2D eigenvalue weighted by atomic mass is 10.1. The van der Waals surface area contributed by atoms with Crippen LogP contribution in [0.2, 0.25) is 0 Å². The molecule has 0 aliphatic rings. The molecule has 1 aromatic carbocycles. The molecule has 0 aliphatic carbocycles. The first-order valence-electron chi connectivity index (χ1n) is 4.67. The highest BCUT2D eigenvalue weighted by Crippen LogP contribution is 2.18. The van der Waals surface area contributed by atoms with E-state index in [1.54, 1.807) is 6.07 Å². The fraction of sp³-hybridized carbons (Fsp3) is 0.182. The number of nitrogens with two attached hydrogens (primary N) is 1. The third-order valence-corrected chi connectivity index (χ3v) is 2.35. The van der Waals surface area contributed by atoms with Gasteiger partial charge in [-0.15, -0.1) is 0 Å². The van der Waals surface area contributed by atoms with Crippen molar-refractivity contribution >= 4 is 16.7 Å². The van der Waals surface area contributed by atoms with Crippen molar-refractivity contribution in [2.75, 3.05) is 6.54 Å². The van der Waals surface area contributed by atoms with Gasteiger partial charge in [0.1, 0.15) is 6.33 Å². The molecule has 0 bridgehead atoms. The van der Waals surface area contributed by atoms with Gasteiger partial charge in [-0.1, -0.05) is 12.1 Å². The van der Waals surface area contributed by atoms with Crippen LogP contribution in [0.25, 0.3) is 10.9 Å². The van der Waals surface area contributed by atoms with Crippen molar-refractivity contribution in [3.63, 3.8) is 0 Å². The van der Waals surface area contributed by atoms with Crippen LogP contribution in [-0.4, -0.2) is 22.3 Å². The highest BCUT2D eigenvalue weighted by molar-refractivity contribution is 6.07. The van der Waals surface area contributed by atoms with E-state index in [-0.39, 0.29) is 12.3 Å². The number of hydrogen-bond acceptors (Lipinski definition) is 4. The molecule has 0 radical (unpaired) electrons. The van der Waals surface area contributed by atoms with E-state index in [1.807, 2.05) is 19.1 Å². The van der Waals surface area contributed by atoms with Crippen LogP contribution < -0.4 is 5.73 Å². The molecular formula is C11H11N3O. The number of aromatic nitrogens is 2. The first-order chi connectivity index (χ1) is 7.24. The van der Waals surface area contributed by atoms with Crippen molar-refractivity contribution in [1.82, 2.24) is 9.97 Å². The van der Waals surface area contributed by atoms with Gasteiger partial charge in [-0.3, -0.25) is 4.79 Å². The van der Waals surface area contributed by atoms with Crippen LogP contribution >= 0.6 is 0 Å². The van der Waals surface area contributed by atoms with E-state index in [9.17, 15) is 4.79 Å². The zero-order valence-electron chi connectivity index (χ0n) is 8.40. The first-order valence-corrected chi connectivity index (χ1v) is 4.67. The van der Waals surface area contributed by atoms with E-state index < -0.39 is 0 Å². The summed E-state index contributed by atoms with van der Waals surface area (Å²) in [5, 5.41) is 0.900. The van der Waals surface area contributed by atoms with E-state index in [4.69, 9.17) is 5.73 Å². The first kappa shape index (κ1) is 9.73. The Morgan fingerprint density at radius 3 is 2.93 bits per heavy atom. The quantitative estimate of drug-likeness (QED) is 0.738. The Morgan fingerprint density at radius 2 is 2.20 bits per heavy atom. The molecular weight excluding hydrogens is 190 g/mol. The zero-order valence-corrected chi connectivity index (χ0v) is 8.40. The molecule has 2 rings (SSSR count).